The van der Waals surface area contributed by atoms with E-state index in [9.17, 15) is 0 Å². The Hall–Kier alpha value is 0.350. The van der Waals surface area contributed by atoms with Gasteiger partial charge in [-0.25, -0.2) is 0 Å². The summed E-state index contributed by atoms with van der Waals surface area (Å²) in [4.78, 5) is 7.33. The van der Waals surface area contributed by atoms with Crippen molar-refractivity contribution < 1.29 is 0 Å². The molecule has 5 heteroatoms. The zero-order chi connectivity index (χ0) is 13.5. The van der Waals surface area contributed by atoms with Crippen molar-refractivity contribution in [3.05, 3.63) is 0 Å². The van der Waals surface area contributed by atoms with E-state index in [1.54, 1.807) is 0 Å². The number of fused-ring (bicyclic) bond motifs is 1. The molecule has 1 heterocycles. The summed E-state index contributed by atoms with van der Waals surface area (Å²) < 4.78 is 0. The van der Waals surface area contributed by atoms with Gasteiger partial charge in [-0.3, -0.25) is 4.99 Å². The third-order valence-corrected chi connectivity index (χ3v) is 5.08. The number of hydrogen-bond donors (Lipinski definition) is 1. The van der Waals surface area contributed by atoms with E-state index in [1.165, 1.54) is 50.9 Å². The zero-order valence-corrected chi connectivity index (χ0v) is 16.1. The van der Waals surface area contributed by atoms with Crippen molar-refractivity contribution in [3.63, 3.8) is 0 Å². The maximum atomic E-state index is 4.81. The molecule has 1 aliphatic heterocycles. The lowest BCUT2D eigenvalue weighted by atomic mass is 9.82. The molecule has 0 spiro atoms. The van der Waals surface area contributed by atoms with Gasteiger partial charge < -0.3 is 10.2 Å². The number of halogens is 1. The van der Waals surface area contributed by atoms with Crippen molar-refractivity contribution in [2.24, 2.45) is 16.8 Å². The first-order chi connectivity index (χ1) is 9.35. The highest BCUT2D eigenvalue weighted by atomic mass is 127. The molecular weight excluding hydrogens is 381 g/mol. The van der Waals surface area contributed by atoms with Crippen molar-refractivity contribution in [2.75, 3.05) is 38.2 Å². The predicted molar refractivity (Wildman–Crippen MR) is 101 cm³/mol. The number of guanidine groups is 1. The monoisotopic (exact) mass is 411 g/mol. The second-order valence-corrected chi connectivity index (χ2v) is 6.78. The fourth-order valence-corrected chi connectivity index (χ4v) is 3.82. The topological polar surface area (TPSA) is 27.6 Å². The molecule has 20 heavy (non-hydrogen) atoms. The lowest BCUT2D eigenvalue weighted by molar-refractivity contribution is 0.299. The summed E-state index contributed by atoms with van der Waals surface area (Å²) in [7, 11) is 0. The Bertz CT molecular complexity index is 285. The van der Waals surface area contributed by atoms with Gasteiger partial charge in [0, 0.05) is 26.2 Å². The second-order valence-electron chi connectivity index (χ2n) is 5.79. The minimum atomic E-state index is 0. The molecule has 2 atom stereocenters. The van der Waals surface area contributed by atoms with E-state index in [0.717, 1.165) is 30.9 Å². The van der Waals surface area contributed by atoms with Crippen LogP contribution >= 0.6 is 35.7 Å². The molecule has 3 nitrogen and oxygen atoms in total. The summed E-state index contributed by atoms with van der Waals surface area (Å²) in [5.74, 6) is 4.25. The standard InChI is InChI=1S/C15H29N3S.HI/c1-3-16-15(17-9-6-10-19-2)18-11-13-7-4-5-8-14(13)12-18;/h13-14H,3-12H2,1-2H3,(H,16,17);1H. The number of nitrogens with zero attached hydrogens (tertiary/aromatic N) is 2. The lowest BCUT2D eigenvalue weighted by Gasteiger charge is -2.22. The Morgan fingerprint density at radius 1 is 1.25 bits per heavy atom. The highest BCUT2D eigenvalue weighted by Gasteiger charge is 2.35. The molecule has 1 saturated carbocycles. The smallest absolute Gasteiger partial charge is 0.193 e. The van der Waals surface area contributed by atoms with Gasteiger partial charge in [-0.2, -0.15) is 11.8 Å². The van der Waals surface area contributed by atoms with Gasteiger partial charge in [0.15, 0.2) is 5.96 Å². The molecule has 2 rings (SSSR count). The van der Waals surface area contributed by atoms with Crippen LogP contribution in [-0.2, 0) is 0 Å². The van der Waals surface area contributed by atoms with Crippen LogP contribution in [0.2, 0.25) is 0 Å². The Labute approximate surface area is 145 Å². The van der Waals surface area contributed by atoms with Crippen molar-refractivity contribution >= 4 is 41.7 Å². The number of thioether (sulfide) groups is 1. The molecule has 2 fully saturated rings. The molecule has 0 amide bonds. The van der Waals surface area contributed by atoms with E-state index >= 15 is 0 Å². The molecule has 0 bridgehead atoms. The molecule has 2 unspecified atom stereocenters. The van der Waals surface area contributed by atoms with Crippen LogP contribution in [0.4, 0.5) is 0 Å². The zero-order valence-electron chi connectivity index (χ0n) is 12.9. The SMILES string of the molecule is CCNC(=NCCCSC)N1CC2CCCCC2C1.I. The molecule has 2 aliphatic rings. The lowest BCUT2D eigenvalue weighted by Crippen LogP contribution is -2.40. The fraction of sp³-hybridized carbons (Fsp3) is 0.933. The normalized spacial score (nSPS) is 26.1. The van der Waals surface area contributed by atoms with Crippen LogP contribution in [-0.4, -0.2) is 49.0 Å². The first kappa shape index (κ1) is 18.4. The predicted octanol–water partition coefficient (Wildman–Crippen LogP) is 3.45. The van der Waals surface area contributed by atoms with Crippen LogP contribution in [0.25, 0.3) is 0 Å². The van der Waals surface area contributed by atoms with Crippen molar-refractivity contribution in [1.82, 2.24) is 10.2 Å². The van der Waals surface area contributed by atoms with Crippen LogP contribution in [0.15, 0.2) is 4.99 Å². The third-order valence-electron chi connectivity index (χ3n) is 4.38. The first-order valence-electron chi connectivity index (χ1n) is 7.87. The Morgan fingerprint density at radius 3 is 2.45 bits per heavy atom. The van der Waals surface area contributed by atoms with Gasteiger partial charge in [0.05, 0.1) is 0 Å². The summed E-state index contributed by atoms with van der Waals surface area (Å²) in [5, 5.41) is 3.48. The fourth-order valence-electron chi connectivity index (χ4n) is 3.40. The van der Waals surface area contributed by atoms with Gasteiger partial charge in [-0.05, 0) is 50.0 Å². The summed E-state index contributed by atoms with van der Waals surface area (Å²) in [6.45, 7) is 6.58. The van der Waals surface area contributed by atoms with Crippen LogP contribution in [0.1, 0.15) is 39.0 Å². The molecule has 1 aliphatic carbocycles. The van der Waals surface area contributed by atoms with Crippen molar-refractivity contribution in [3.8, 4) is 0 Å². The average Bonchev–Trinajstić information content (AvgIpc) is 2.86. The molecule has 0 aromatic rings. The quantitative estimate of drug-likeness (QED) is 0.325. The third kappa shape index (κ3) is 5.28. The van der Waals surface area contributed by atoms with Gasteiger partial charge in [0.2, 0.25) is 0 Å². The Kier molecular flexibility index (Phi) is 9.33. The first-order valence-corrected chi connectivity index (χ1v) is 9.26. The summed E-state index contributed by atoms with van der Waals surface area (Å²) in [5.41, 5.74) is 0. The Balaban J connectivity index is 0.00000200. The maximum Gasteiger partial charge on any atom is 0.193 e. The van der Waals surface area contributed by atoms with Crippen LogP contribution in [0.3, 0.4) is 0 Å². The van der Waals surface area contributed by atoms with Crippen LogP contribution in [0.5, 0.6) is 0 Å². The van der Waals surface area contributed by atoms with Gasteiger partial charge in [-0.1, -0.05) is 12.8 Å². The van der Waals surface area contributed by atoms with Gasteiger partial charge in [0.25, 0.3) is 0 Å². The second kappa shape index (κ2) is 10.1. The number of rotatable bonds is 5. The number of nitrogens with one attached hydrogen (secondary N) is 1. The van der Waals surface area contributed by atoms with Crippen LogP contribution in [0, 0.1) is 11.8 Å². The molecule has 0 aromatic heterocycles. The van der Waals surface area contributed by atoms with E-state index < -0.39 is 0 Å². The van der Waals surface area contributed by atoms with Gasteiger partial charge in [0.1, 0.15) is 0 Å². The van der Waals surface area contributed by atoms with E-state index in [1.807, 2.05) is 11.8 Å². The molecule has 1 N–H and O–H groups in total. The van der Waals surface area contributed by atoms with E-state index in [2.05, 4.69) is 23.4 Å². The summed E-state index contributed by atoms with van der Waals surface area (Å²) >= 11 is 1.91. The molecule has 0 aromatic carbocycles. The minimum absolute atomic E-state index is 0. The minimum Gasteiger partial charge on any atom is -0.357 e. The highest BCUT2D eigenvalue weighted by molar-refractivity contribution is 14.0. The van der Waals surface area contributed by atoms with Gasteiger partial charge >= 0.3 is 0 Å². The summed E-state index contributed by atoms with van der Waals surface area (Å²) in [6.07, 6.45) is 9.11. The Morgan fingerprint density at radius 2 is 1.90 bits per heavy atom. The largest absolute Gasteiger partial charge is 0.357 e. The van der Waals surface area contributed by atoms with Crippen molar-refractivity contribution in [1.29, 1.82) is 0 Å². The van der Waals surface area contributed by atoms with Gasteiger partial charge in [-0.15, -0.1) is 24.0 Å². The van der Waals surface area contributed by atoms with Crippen LogP contribution < -0.4 is 5.32 Å². The number of hydrogen-bond acceptors (Lipinski definition) is 2. The van der Waals surface area contributed by atoms with E-state index in [0.29, 0.717) is 0 Å². The van der Waals surface area contributed by atoms with E-state index in [4.69, 9.17) is 4.99 Å². The number of aliphatic imine (C=N–C) groups is 1. The average molecular weight is 411 g/mol. The maximum absolute atomic E-state index is 4.81. The highest BCUT2D eigenvalue weighted by Crippen LogP contribution is 2.35. The summed E-state index contributed by atoms with van der Waals surface area (Å²) in [6, 6.07) is 0. The molecular formula is C15H30IN3S. The molecule has 1 saturated heterocycles. The van der Waals surface area contributed by atoms with E-state index in [-0.39, 0.29) is 24.0 Å². The number of likely N-dealkylation sites (tertiary alicyclic amines) is 1. The molecule has 118 valence electrons. The molecule has 0 radical (unpaired) electrons. The van der Waals surface area contributed by atoms with Crippen molar-refractivity contribution in [2.45, 2.75) is 39.0 Å².